The van der Waals surface area contributed by atoms with Gasteiger partial charge >= 0.3 is 11.9 Å². The minimum absolute atomic E-state index is 0.144. The number of aromatic nitrogens is 1. The first-order chi connectivity index (χ1) is 17.2. The van der Waals surface area contributed by atoms with E-state index in [9.17, 15) is 19.8 Å². The molecule has 1 aromatic heterocycles. The first kappa shape index (κ1) is 23.1. The Morgan fingerprint density at radius 2 is 1.39 bits per heavy atom. The third kappa shape index (κ3) is 3.92. The van der Waals surface area contributed by atoms with Crippen LogP contribution in [0.25, 0.3) is 32.9 Å². The molecule has 178 valence electrons. The van der Waals surface area contributed by atoms with Gasteiger partial charge in [-0.25, -0.2) is 9.59 Å². The summed E-state index contributed by atoms with van der Waals surface area (Å²) >= 11 is 0. The van der Waals surface area contributed by atoms with Gasteiger partial charge in [-0.1, -0.05) is 24.3 Å². The van der Waals surface area contributed by atoms with E-state index in [1.54, 1.807) is 26.0 Å². The summed E-state index contributed by atoms with van der Waals surface area (Å²) in [4.78, 5) is 25.2. The fraction of sp³-hybridized carbons (Fsp3) is 0.100. The van der Waals surface area contributed by atoms with Crippen molar-refractivity contribution < 1.29 is 29.1 Å². The fourth-order valence-corrected chi connectivity index (χ4v) is 4.71. The summed E-state index contributed by atoms with van der Waals surface area (Å²) < 4.78 is 7.98. The van der Waals surface area contributed by atoms with Crippen molar-refractivity contribution in [1.82, 2.24) is 0 Å². The quantitative estimate of drug-likeness (QED) is 0.149. The molecular formula is C30H24NO5+. The number of para-hydroxylation sites is 1. The minimum atomic E-state index is -1.03. The number of benzene rings is 4. The number of carboxylic acids is 1. The van der Waals surface area contributed by atoms with Crippen LogP contribution in [-0.2, 0) is 7.05 Å². The fourth-order valence-electron chi connectivity index (χ4n) is 4.71. The van der Waals surface area contributed by atoms with Crippen molar-refractivity contribution in [2.75, 3.05) is 0 Å². The molecule has 1 heterocycles. The van der Waals surface area contributed by atoms with Gasteiger partial charge in [0.15, 0.2) is 0 Å². The van der Waals surface area contributed by atoms with E-state index >= 15 is 0 Å². The number of aryl methyl sites for hydroxylation is 3. The van der Waals surface area contributed by atoms with E-state index in [-0.39, 0.29) is 11.3 Å². The minimum Gasteiger partial charge on any atom is -0.508 e. The number of carbonyl (C=O) groups is 2. The SMILES string of the molecule is Cc1cc(C(=O)O)cc(C)c1OC(=O)c1c2ccccc2[n+](C)c2ccc(-c3ccc(O)cc3)cc12. The lowest BCUT2D eigenvalue weighted by Crippen LogP contribution is -2.31. The lowest BCUT2D eigenvalue weighted by molar-refractivity contribution is -0.617. The maximum atomic E-state index is 13.8. The molecule has 0 aliphatic carbocycles. The topological polar surface area (TPSA) is 87.7 Å². The number of esters is 1. The summed E-state index contributed by atoms with van der Waals surface area (Å²) in [6, 6.07) is 23.5. The van der Waals surface area contributed by atoms with Gasteiger partial charge in [-0.2, -0.15) is 4.57 Å². The maximum absolute atomic E-state index is 13.8. The Morgan fingerprint density at radius 1 is 0.778 bits per heavy atom. The van der Waals surface area contributed by atoms with Gasteiger partial charge in [-0.05, 0) is 78.6 Å². The van der Waals surface area contributed by atoms with E-state index in [0.717, 1.165) is 32.9 Å². The number of nitrogens with zero attached hydrogens (tertiary/aromatic N) is 1. The van der Waals surface area contributed by atoms with E-state index in [0.29, 0.717) is 22.4 Å². The van der Waals surface area contributed by atoms with Crippen LogP contribution in [0.15, 0.2) is 78.9 Å². The molecule has 0 unspecified atom stereocenters. The van der Waals surface area contributed by atoms with E-state index in [4.69, 9.17) is 4.74 Å². The van der Waals surface area contributed by atoms with E-state index in [1.165, 1.54) is 12.1 Å². The molecule has 36 heavy (non-hydrogen) atoms. The Kier molecular flexibility index (Phi) is 5.65. The number of pyridine rings is 1. The highest BCUT2D eigenvalue weighted by Gasteiger charge is 2.25. The van der Waals surface area contributed by atoms with E-state index in [2.05, 4.69) is 0 Å². The maximum Gasteiger partial charge on any atom is 0.345 e. The molecule has 0 spiro atoms. The molecule has 0 bridgehead atoms. The molecule has 6 nitrogen and oxygen atoms in total. The molecule has 0 aliphatic heterocycles. The average Bonchev–Trinajstić information content (AvgIpc) is 2.86. The van der Waals surface area contributed by atoms with Gasteiger partial charge in [0.25, 0.3) is 0 Å². The van der Waals surface area contributed by atoms with Gasteiger partial charge in [-0.15, -0.1) is 0 Å². The van der Waals surface area contributed by atoms with Crippen molar-refractivity contribution in [3.8, 4) is 22.6 Å². The molecule has 5 aromatic rings. The second kappa shape index (κ2) is 8.82. The first-order valence-corrected chi connectivity index (χ1v) is 11.4. The van der Waals surface area contributed by atoms with Crippen LogP contribution in [0.5, 0.6) is 11.5 Å². The van der Waals surface area contributed by atoms with Gasteiger partial charge in [-0.3, -0.25) is 0 Å². The van der Waals surface area contributed by atoms with Crippen molar-refractivity contribution in [3.63, 3.8) is 0 Å². The summed E-state index contributed by atoms with van der Waals surface area (Å²) in [6.07, 6.45) is 0. The highest BCUT2D eigenvalue weighted by atomic mass is 16.5. The van der Waals surface area contributed by atoms with Crippen LogP contribution in [0.3, 0.4) is 0 Å². The number of carbonyl (C=O) groups excluding carboxylic acids is 1. The number of hydrogen-bond donors (Lipinski definition) is 2. The molecule has 0 saturated heterocycles. The zero-order chi connectivity index (χ0) is 25.6. The van der Waals surface area contributed by atoms with Gasteiger partial charge in [0.1, 0.15) is 18.5 Å². The van der Waals surface area contributed by atoms with Crippen LogP contribution in [0.2, 0.25) is 0 Å². The van der Waals surface area contributed by atoms with Crippen molar-refractivity contribution in [2.45, 2.75) is 13.8 Å². The van der Waals surface area contributed by atoms with Crippen molar-refractivity contribution >= 4 is 33.7 Å². The molecule has 4 aromatic carbocycles. The second-order valence-corrected chi connectivity index (χ2v) is 8.86. The third-order valence-electron chi connectivity index (χ3n) is 6.47. The highest BCUT2D eigenvalue weighted by Crippen LogP contribution is 2.32. The summed E-state index contributed by atoms with van der Waals surface area (Å²) in [5.41, 5.74) is 5.25. The van der Waals surface area contributed by atoms with Crippen molar-refractivity contribution in [3.05, 3.63) is 101 Å². The van der Waals surface area contributed by atoms with E-state index < -0.39 is 11.9 Å². The van der Waals surface area contributed by atoms with Crippen LogP contribution in [0, 0.1) is 13.8 Å². The third-order valence-corrected chi connectivity index (χ3v) is 6.47. The number of fused-ring (bicyclic) bond motifs is 2. The van der Waals surface area contributed by atoms with Crippen LogP contribution < -0.4 is 9.30 Å². The van der Waals surface area contributed by atoms with Gasteiger partial charge in [0.05, 0.1) is 21.9 Å². The van der Waals surface area contributed by atoms with Gasteiger partial charge in [0.2, 0.25) is 11.0 Å². The number of hydrogen-bond acceptors (Lipinski definition) is 4. The molecule has 0 amide bonds. The molecule has 0 fully saturated rings. The number of ether oxygens (including phenoxy) is 1. The van der Waals surface area contributed by atoms with Crippen LogP contribution in [0.4, 0.5) is 0 Å². The zero-order valence-electron chi connectivity index (χ0n) is 20.1. The predicted molar refractivity (Wildman–Crippen MR) is 138 cm³/mol. The Morgan fingerprint density at radius 3 is 2.06 bits per heavy atom. The Labute approximate surface area is 207 Å². The number of aromatic hydroxyl groups is 1. The summed E-state index contributed by atoms with van der Waals surface area (Å²) in [5.74, 6) is -1.02. The number of aromatic carboxylic acids is 1. The van der Waals surface area contributed by atoms with Gasteiger partial charge in [0, 0.05) is 12.1 Å². The van der Waals surface area contributed by atoms with Gasteiger partial charge < -0.3 is 14.9 Å². The summed E-state index contributed by atoms with van der Waals surface area (Å²) in [7, 11) is 1.96. The molecule has 5 rings (SSSR count). The van der Waals surface area contributed by atoms with Crippen LogP contribution in [0.1, 0.15) is 31.8 Å². The number of rotatable bonds is 4. The smallest absolute Gasteiger partial charge is 0.345 e. The highest BCUT2D eigenvalue weighted by molar-refractivity contribution is 6.14. The molecule has 2 N–H and O–H groups in total. The summed E-state index contributed by atoms with van der Waals surface area (Å²) in [6.45, 7) is 3.46. The number of carboxylic acid groups (broad SMARTS) is 1. The molecular weight excluding hydrogens is 454 g/mol. The molecule has 6 heteroatoms. The largest absolute Gasteiger partial charge is 0.508 e. The standard InChI is InChI=1S/C30H23NO5/c1-17-14-21(29(33)34)15-18(2)28(17)36-30(35)27-23-6-4-5-7-25(23)31(3)26-13-10-20(16-24(26)27)19-8-11-22(32)12-9-19/h4-16H,1-3H3,(H-,32,33,34,35)/p+1. The van der Waals surface area contributed by atoms with Crippen molar-refractivity contribution in [2.24, 2.45) is 7.05 Å². The molecule has 0 radical (unpaired) electrons. The molecule has 0 saturated carbocycles. The Bertz CT molecular complexity index is 1660. The molecule has 0 aliphatic rings. The zero-order valence-corrected chi connectivity index (χ0v) is 20.1. The molecule has 0 atom stereocenters. The Balaban J connectivity index is 1.72. The average molecular weight is 479 g/mol. The lowest BCUT2D eigenvalue weighted by atomic mass is 9.97. The number of phenols is 1. The normalized spacial score (nSPS) is 11.1. The first-order valence-electron chi connectivity index (χ1n) is 11.4. The predicted octanol–water partition coefficient (Wildman–Crippen LogP) is 5.72. The monoisotopic (exact) mass is 478 g/mol. The van der Waals surface area contributed by atoms with Crippen LogP contribution in [-0.4, -0.2) is 22.2 Å². The van der Waals surface area contributed by atoms with Crippen LogP contribution >= 0.6 is 0 Å². The second-order valence-electron chi connectivity index (χ2n) is 8.86. The summed E-state index contributed by atoms with van der Waals surface area (Å²) in [5, 5.41) is 20.5. The lowest BCUT2D eigenvalue weighted by Gasteiger charge is -2.14. The Hall–Kier alpha value is -4.71. The number of phenolic OH excluding ortho intramolecular Hbond substituents is 1. The van der Waals surface area contributed by atoms with Crippen molar-refractivity contribution in [1.29, 1.82) is 0 Å². The van der Waals surface area contributed by atoms with E-state index in [1.807, 2.05) is 66.2 Å².